The van der Waals surface area contributed by atoms with Crippen molar-refractivity contribution in [2.75, 3.05) is 14.1 Å². The minimum atomic E-state index is -0.605. The molecule has 1 unspecified atom stereocenters. The van der Waals surface area contributed by atoms with Gasteiger partial charge in [0.05, 0.1) is 6.07 Å². The first-order valence-corrected chi connectivity index (χ1v) is 4.06. The predicted molar refractivity (Wildman–Crippen MR) is 47.6 cm³/mol. The fourth-order valence-corrected chi connectivity index (χ4v) is 1.23. The lowest BCUT2D eigenvalue weighted by atomic mass is 9.91. The Labute approximate surface area is 74.0 Å². The molecule has 3 heteroatoms. The van der Waals surface area contributed by atoms with E-state index >= 15 is 0 Å². The second-order valence-electron chi connectivity index (χ2n) is 3.27. The van der Waals surface area contributed by atoms with Crippen molar-refractivity contribution >= 4 is 5.78 Å². The highest BCUT2D eigenvalue weighted by molar-refractivity contribution is 5.77. The van der Waals surface area contributed by atoms with E-state index in [0.717, 1.165) is 0 Å². The molecule has 0 saturated carbocycles. The average Bonchev–Trinajstić information content (AvgIpc) is 1.99. The molecule has 0 aromatic rings. The van der Waals surface area contributed by atoms with E-state index in [-0.39, 0.29) is 5.78 Å². The standard InChI is InChI=1S/C9H16N2O/c1-5-9(7-10,11(3)4)6-8(2)12/h5-6H2,1-4H3. The number of nitrogens with zero attached hydrogens (tertiary/aromatic N) is 2. The third-order valence-corrected chi connectivity index (χ3v) is 2.19. The Balaban J connectivity index is 4.61. The molecule has 0 spiro atoms. The van der Waals surface area contributed by atoms with Crippen LogP contribution in [-0.4, -0.2) is 30.3 Å². The van der Waals surface area contributed by atoms with Crippen LogP contribution in [0.25, 0.3) is 0 Å². The van der Waals surface area contributed by atoms with Gasteiger partial charge in [-0.1, -0.05) is 6.92 Å². The van der Waals surface area contributed by atoms with Gasteiger partial charge in [-0.25, -0.2) is 0 Å². The molecule has 68 valence electrons. The van der Waals surface area contributed by atoms with Crippen molar-refractivity contribution in [1.82, 2.24) is 4.90 Å². The first-order chi connectivity index (χ1) is 5.48. The van der Waals surface area contributed by atoms with Crippen molar-refractivity contribution < 1.29 is 4.79 Å². The Kier molecular flexibility index (Phi) is 3.91. The minimum Gasteiger partial charge on any atom is -0.300 e. The monoisotopic (exact) mass is 168 g/mol. The number of hydrogen-bond acceptors (Lipinski definition) is 3. The van der Waals surface area contributed by atoms with Crippen molar-refractivity contribution in [3.05, 3.63) is 0 Å². The first-order valence-electron chi connectivity index (χ1n) is 4.06. The second kappa shape index (κ2) is 4.22. The van der Waals surface area contributed by atoms with Crippen LogP contribution in [0.1, 0.15) is 26.7 Å². The van der Waals surface area contributed by atoms with Gasteiger partial charge in [-0.3, -0.25) is 9.69 Å². The van der Waals surface area contributed by atoms with Crippen LogP contribution in [0.2, 0.25) is 0 Å². The van der Waals surface area contributed by atoms with Gasteiger partial charge < -0.3 is 0 Å². The molecule has 0 aliphatic carbocycles. The summed E-state index contributed by atoms with van der Waals surface area (Å²) in [6, 6.07) is 2.20. The fourth-order valence-electron chi connectivity index (χ4n) is 1.23. The quantitative estimate of drug-likeness (QED) is 0.633. The molecule has 3 nitrogen and oxygen atoms in total. The maximum absolute atomic E-state index is 10.9. The van der Waals surface area contributed by atoms with E-state index in [1.807, 2.05) is 25.9 Å². The zero-order chi connectivity index (χ0) is 9.78. The molecule has 0 amide bonds. The predicted octanol–water partition coefficient (Wildman–Crippen LogP) is 1.20. The van der Waals surface area contributed by atoms with Gasteiger partial charge in [-0.15, -0.1) is 0 Å². The molecule has 1 atom stereocenters. The number of hydrogen-bond donors (Lipinski definition) is 0. The topological polar surface area (TPSA) is 44.1 Å². The Morgan fingerprint density at radius 2 is 2.08 bits per heavy atom. The lowest BCUT2D eigenvalue weighted by Crippen LogP contribution is -2.43. The van der Waals surface area contributed by atoms with Crippen LogP contribution in [0.3, 0.4) is 0 Å². The number of nitriles is 1. The molecule has 0 aromatic heterocycles. The van der Waals surface area contributed by atoms with E-state index in [1.54, 1.807) is 0 Å². The molecular weight excluding hydrogens is 152 g/mol. The summed E-state index contributed by atoms with van der Waals surface area (Å²) in [6.45, 7) is 3.44. The average molecular weight is 168 g/mol. The SMILES string of the molecule is CCC(C#N)(CC(C)=O)N(C)C. The Morgan fingerprint density at radius 3 is 2.17 bits per heavy atom. The van der Waals surface area contributed by atoms with Crippen LogP contribution in [0.15, 0.2) is 0 Å². The van der Waals surface area contributed by atoms with Crippen LogP contribution in [0, 0.1) is 11.3 Å². The van der Waals surface area contributed by atoms with E-state index in [2.05, 4.69) is 6.07 Å². The highest BCUT2D eigenvalue weighted by atomic mass is 16.1. The third-order valence-electron chi connectivity index (χ3n) is 2.19. The highest BCUT2D eigenvalue weighted by Gasteiger charge is 2.31. The van der Waals surface area contributed by atoms with Crippen LogP contribution in [0.5, 0.6) is 0 Å². The van der Waals surface area contributed by atoms with Crippen molar-refractivity contribution in [2.24, 2.45) is 0 Å². The summed E-state index contributed by atoms with van der Waals surface area (Å²) in [6.07, 6.45) is 0.989. The Bertz CT molecular complexity index is 205. The smallest absolute Gasteiger partial charge is 0.132 e. The molecule has 12 heavy (non-hydrogen) atoms. The Hall–Kier alpha value is -0.880. The number of carbonyl (C=O) groups excluding carboxylic acids is 1. The molecule has 0 heterocycles. The van der Waals surface area contributed by atoms with E-state index in [4.69, 9.17) is 5.26 Å². The molecule has 0 fully saturated rings. The van der Waals surface area contributed by atoms with Gasteiger partial charge in [-0.05, 0) is 27.4 Å². The molecular formula is C9H16N2O. The van der Waals surface area contributed by atoms with E-state index in [0.29, 0.717) is 12.8 Å². The zero-order valence-corrected chi connectivity index (χ0v) is 8.22. The lowest BCUT2D eigenvalue weighted by Gasteiger charge is -2.31. The van der Waals surface area contributed by atoms with Gasteiger partial charge >= 0.3 is 0 Å². The number of rotatable bonds is 4. The van der Waals surface area contributed by atoms with Crippen LogP contribution >= 0.6 is 0 Å². The summed E-state index contributed by atoms with van der Waals surface area (Å²) in [4.78, 5) is 12.7. The van der Waals surface area contributed by atoms with Crippen molar-refractivity contribution in [1.29, 1.82) is 5.26 Å². The molecule has 0 bridgehead atoms. The summed E-state index contributed by atoms with van der Waals surface area (Å²) in [5.41, 5.74) is -0.605. The van der Waals surface area contributed by atoms with Crippen molar-refractivity contribution in [3.8, 4) is 6.07 Å². The Morgan fingerprint density at radius 1 is 1.58 bits per heavy atom. The molecule has 0 aliphatic rings. The molecule has 0 N–H and O–H groups in total. The van der Waals surface area contributed by atoms with Gasteiger partial charge in [0.2, 0.25) is 0 Å². The number of ketones is 1. The summed E-state index contributed by atoms with van der Waals surface area (Å²) < 4.78 is 0. The number of Topliss-reactive ketones (excluding diaryl/α,β-unsaturated/α-hetero) is 1. The maximum atomic E-state index is 10.9. The molecule has 0 saturated heterocycles. The first kappa shape index (κ1) is 11.1. The van der Waals surface area contributed by atoms with E-state index in [9.17, 15) is 4.79 Å². The summed E-state index contributed by atoms with van der Waals surface area (Å²) in [5, 5.41) is 8.95. The van der Waals surface area contributed by atoms with Crippen molar-refractivity contribution in [2.45, 2.75) is 32.2 Å². The molecule has 0 aromatic carbocycles. The van der Waals surface area contributed by atoms with Gasteiger partial charge in [0, 0.05) is 6.42 Å². The van der Waals surface area contributed by atoms with Crippen LogP contribution < -0.4 is 0 Å². The molecule has 0 rings (SSSR count). The van der Waals surface area contributed by atoms with Crippen molar-refractivity contribution in [3.63, 3.8) is 0 Å². The van der Waals surface area contributed by atoms with Gasteiger partial charge in [0.15, 0.2) is 0 Å². The van der Waals surface area contributed by atoms with Gasteiger partial charge in [0.25, 0.3) is 0 Å². The third kappa shape index (κ3) is 2.31. The number of carbonyl (C=O) groups is 1. The largest absolute Gasteiger partial charge is 0.300 e. The van der Waals surface area contributed by atoms with E-state index < -0.39 is 5.54 Å². The van der Waals surface area contributed by atoms with E-state index in [1.165, 1.54) is 6.92 Å². The lowest BCUT2D eigenvalue weighted by molar-refractivity contribution is -0.118. The summed E-state index contributed by atoms with van der Waals surface area (Å²) >= 11 is 0. The van der Waals surface area contributed by atoms with Crippen LogP contribution in [-0.2, 0) is 4.79 Å². The summed E-state index contributed by atoms with van der Waals surface area (Å²) in [7, 11) is 3.66. The zero-order valence-electron chi connectivity index (χ0n) is 8.22. The molecule has 0 aliphatic heterocycles. The summed E-state index contributed by atoms with van der Waals surface area (Å²) in [5.74, 6) is 0.0621. The van der Waals surface area contributed by atoms with Crippen LogP contribution in [0.4, 0.5) is 0 Å². The minimum absolute atomic E-state index is 0.0621. The van der Waals surface area contributed by atoms with Gasteiger partial charge in [-0.2, -0.15) is 5.26 Å². The normalized spacial score (nSPS) is 15.3. The van der Waals surface area contributed by atoms with Gasteiger partial charge in [0.1, 0.15) is 11.3 Å². The highest BCUT2D eigenvalue weighted by Crippen LogP contribution is 2.20. The second-order valence-corrected chi connectivity index (χ2v) is 3.27. The molecule has 0 radical (unpaired) electrons. The fraction of sp³-hybridized carbons (Fsp3) is 0.778. The maximum Gasteiger partial charge on any atom is 0.132 e.